The van der Waals surface area contributed by atoms with E-state index in [1.54, 1.807) is 11.9 Å². The van der Waals surface area contributed by atoms with Gasteiger partial charge in [0.15, 0.2) is 0 Å². The molecule has 0 aromatic heterocycles. The third-order valence-electron chi connectivity index (χ3n) is 1.63. The van der Waals surface area contributed by atoms with E-state index in [0.29, 0.717) is 6.42 Å². The highest BCUT2D eigenvalue weighted by Gasteiger charge is 2.31. The summed E-state index contributed by atoms with van der Waals surface area (Å²) < 4.78 is 23.4. The fourth-order valence-electron chi connectivity index (χ4n) is 0.855. The van der Waals surface area contributed by atoms with Crippen LogP contribution in [0.25, 0.3) is 0 Å². The first kappa shape index (κ1) is 5.95. The largest absolute Gasteiger partial charge is 0.298 e. The Labute approximate surface area is 47.3 Å². The molecule has 3 heteroatoms. The molecule has 1 unspecified atom stereocenters. The van der Waals surface area contributed by atoms with Gasteiger partial charge >= 0.3 is 0 Å². The Kier molecular flexibility index (Phi) is 1.47. The molecule has 0 bridgehead atoms. The molecule has 1 aliphatic rings. The van der Waals surface area contributed by atoms with Crippen molar-refractivity contribution in [1.29, 1.82) is 0 Å². The highest BCUT2D eigenvalue weighted by Crippen LogP contribution is 2.20. The third-order valence-corrected chi connectivity index (χ3v) is 1.63. The Hall–Kier alpha value is -0.180. The van der Waals surface area contributed by atoms with Gasteiger partial charge in [0.05, 0.1) is 6.04 Å². The average molecular weight is 121 g/mol. The second-order valence-corrected chi connectivity index (χ2v) is 2.17. The summed E-state index contributed by atoms with van der Waals surface area (Å²) in [7, 11) is 1.72. The van der Waals surface area contributed by atoms with Crippen LogP contribution in [0.3, 0.4) is 0 Å². The van der Waals surface area contributed by atoms with Crippen molar-refractivity contribution in [2.45, 2.75) is 18.9 Å². The molecule has 8 heavy (non-hydrogen) atoms. The minimum Gasteiger partial charge on any atom is -0.298 e. The van der Waals surface area contributed by atoms with Crippen molar-refractivity contribution in [2.24, 2.45) is 0 Å². The summed E-state index contributed by atoms with van der Waals surface area (Å²) in [6.07, 6.45) is -1.48. The van der Waals surface area contributed by atoms with E-state index >= 15 is 0 Å². The Morgan fingerprint density at radius 3 is 2.25 bits per heavy atom. The molecule has 0 aromatic rings. The predicted octanol–water partition coefficient (Wildman–Crippen LogP) is 0.956. The van der Waals surface area contributed by atoms with E-state index in [4.69, 9.17) is 0 Å². The molecule has 1 heterocycles. The molecular formula is C5H9F2N. The molecule has 0 N–H and O–H groups in total. The molecule has 0 spiro atoms. The van der Waals surface area contributed by atoms with Crippen molar-refractivity contribution in [3.63, 3.8) is 0 Å². The van der Waals surface area contributed by atoms with Crippen LogP contribution in [0, 0.1) is 0 Å². The highest BCUT2D eigenvalue weighted by molar-refractivity contribution is 4.81. The summed E-state index contributed by atoms with van der Waals surface area (Å²) in [6, 6.07) is -0.449. The normalized spacial score (nSPS) is 30.8. The van der Waals surface area contributed by atoms with E-state index in [0.717, 1.165) is 6.54 Å². The molecule has 0 radical (unpaired) electrons. The van der Waals surface area contributed by atoms with Gasteiger partial charge in [0.2, 0.25) is 0 Å². The van der Waals surface area contributed by atoms with E-state index in [9.17, 15) is 8.78 Å². The highest BCUT2D eigenvalue weighted by atomic mass is 19.3. The molecule has 48 valence electrons. The zero-order valence-electron chi connectivity index (χ0n) is 4.77. The van der Waals surface area contributed by atoms with Gasteiger partial charge in [-0.15, -0.1) is 0 Å². The SMILES string of the molecule is CN1CCC1C(F)F. The van der Waals surface area contributed by atoms with Crippen LogP contribution in [-0.2, 0) is 0 Å². The Bertz CT molecular complexity index is 79.7. The van der Waals surface area contributed by atoms with Crippen LogP contribution < -0.4 is 0 Å². The number of halogens is 2. The first-order chi connectivity index (χ1) is 3.72. The number of alkyl halides is 2. The topological polar surface area (TPSA) is 3.24 Å². The first-order valence-corrected chi connectivity index (χ1v) is 2.70. The summed E-state index contributed by atoms with van der Waals surface area (Å²) in [5.74, 6) is 0. The van der Waals surface area contributed by atoms with Crippen LogP contribution in [0.15, 0.2) is 0 Å². The zero-order valence-corrected chi connectivity index (χ0v) is 4.77. The van der Waals surface area contributed by atoms with Gasteiger partial charge in [-0.05, 0) is 13.5 Å². The lowest BCUT2D eigenvalue weighted by molar-refractivity contribution is -0.0182. The Morgan fingerprint density at radius 1 is 1.62 bits per heavy atom. The van der Waals surface area contributed by atoms with Crippen LogP contribution in [-0.4, -0.2) is 31.0 Å². The molecule has 0 aromatic carbocycles. The summed E-state index contributed by atoms with van der Waals surface area (Å²) in [5, 5.41) is 0. The lowest BCUT2D eigenvalue weighted by Gasteiger charge is -2.36. The molecule has 0 saturated carbocycles. The average Bonchev–Trinajstić information content (AvgIpc) is 1.61. The van der Waals surface area contributed by atoms with Crippen LogP contribution in [0.4, 0.5) is 8.78 Å². The van der Waals surface area contributed by atoms with Crippen molar-refractivity contribution < 1.29 is 8.78 Å². The van der Waals surface area contributed by atoms with Crippen LogP contribution >= 0.6 is 0 Å². The zero-order chi connectivity index (χ0) is 6.15. The Morgan fingerprint density at radius 2 is 2.25 bits per heavy atom. The number of nitrogens with zero attached hydrogens (tertiary/aromatic N) is 1. The molecule has 0 aliphatic carbocycles. The second-order valence-electron chi connectivity index (χ2n) is 2.17. The summed E-state index contributed by atoms with van der Waals surface area (Å²) in [4.78, 5) is 1.67. The van der Waals surface area contributed by atoms with Crippen molar-refractivity contribution in [3.8, 4) is 0 Å². The van der Waals surface area contributed by atoms with E-state index < -0.39 is 12.5 Å². The lowest BCUT2D eigenvalue weighted by Crippen LogP contribution is -2.48. The molecule has 1 rings (SSSR count). The van der Waals surface area contributed by atoms with E-state index in [-0.39, 0.29) is 0 Å². The van der Waals surface area contributed by atoms with Gasteiger partial charge in [0.25, 0.3) is 6.43 Å². The second kappa shape index (κ2) is 1.97. The van der Waals surface area contributed by atoms with Crippen molar-refractivity contribution in [3.05, 3.63) is 0 Å². The van der Waals surface area contributed by atoms with Crippen LogP contribution in [0.5, 0.6) is 0 Å². The minimum absolute atomic E-state index is 0.449. The van der Waals surface area contributed by atoms with E-state index in [2.05, 4.69) is 0 Å². The van der Waals surface area contributed by atoms with Crippen LogP contribution in [0.1, 0.15) is 6.42 Å². The summed E-state index contributed by atoms with van der Waals surface area (Å²) in [6.45, 7) is 0.828. The smallest absolute Gasteiger partial charge is 0.253 e. The van der Waals surface area contributed by atoms with Crippen molar-refractivity contribution >= 4 is 0 Å². The molecule has 0 amide bonds. The van der Waals surface area contributed by atoms with Gasteiger partial charge in [0, 0.05) is 6.54 Å². The summed E-state index contributed by atoms with van der Waals surface area (Å²) >= 11 is 0. The fourth-order valence-corrected chi connectivity index (χ4v) is 0.855. The van der Waals surface area contributed by atoms with Crippen LogP contribution in [0.2, 0.25) is 0 Å². The van der Waals surface area contributed by atoms with E-state index in [1.807, 2.05) is 0 Å². The van der Waals surface area contributed by atoms with Gasteiger partial charge in [-0.1, -0.05) is 0 Å². The van der Waals surface area contributed by atoms with E-state index in [1.165, 1.54) is 0 Å². The summed E-state index contributed by atoms with van der Waals surface area (Å²) in [5.41, 5.74) is 0. The minimum atomic E-state index is -2.14. The first-order valence-electron chi connectivity index (χ1n) is 2.70. The van der Waals surface area contributed by atoms with Gasteiger partial charge in [-0.25, -0.2) is 8.78 Å². The molecular weight excluding hydrogens is 112 g/mol. The van der Waals surface area contributed by atoms with Gasteiger partial charge in [0.1, 0.15) is 0 Å². The molecule has 1 atom stereocenters. The predicted molar refractivity (Wildman–Crippen MR) is 27.0 cm³/mol. The number of hydrogen-bond acceptors (Lipinski definition) is 1. The molecule has 1 fully saturated rings. The maximum absolute atomic E-state index is 11.7. The monoisotopic (exact) mass is 121 g/mol. The molecule has 1 aliphatic heterocycles. The standard InChI is InChI=1S/C5H9F2N/c1-8-3-2-4(8)5(6)7/h4-5H,2-3H2,1H3. The van der Waals surface area contributed by atoms with Gasteiger partial charge in [-0.2, -0.15) is 0 Å². The maximum atomic E-state index is 11.7. The van der Waals surface area contributed by atoms with Gasteiger partial charge < -0.3 is 0 Å². The van der Waals surface area contributed by atoms with Crippen molar-refractivity contribution in [2.75, 3.05) is 13.6 Å². The molecule has 1 saturated heterocycles. The lowest BCUT2D eigenvalue weighted by atomic mass is 10.1. The fraction of sp³-hybridized carbons (Fsp3) is 1.00. The number of rotatable bonds is 1. The van der Waals surface area contributed by atoms with Crippen molar-refractivity contribution in [1.82, 2.24) is 4.90 Å². The number of hydrogen-bond donors (Lipinski definition) is 0. The maximum Gasteiger partial charge on any atom is 0.253 e. The molecule has 1 nitrogen and oxygen atoms in total. The van der Waals surface area contributed by atoms with Gasteiger partial charge in [-0.3, -0.25) is 4.90 Å². The Balaban J connectivity index is 2.26. The third kappa shape index (κ3) is 0.823. The number of likely N-dealkylation sites (tertiary alicyclic amines) is 1. The quantitative estimate of drug-likeness (QED) is 0.499.